The molecule has 2 N–H and O–H groups in total. The average molecular weight is 473 g/mol. The Kier molecular flexibility index (Phi) is 7.65. The van der Waals surface area contributed by atoms with Crippen LogP contribution in [0.15, 0.2) is 30.3 Å². The topological polar surface area (TPSA) is 113 Å². The zero-order valence-corrected chi connectivity index (χ0v) is 19.8. The highest BCUT2D eigenvalue weighted by atomic mass is 32.1. The number of carboxylic acid groups (broad SMARTS) is 1. The zero-order valence-electron chi connectivity index (χ0n) is 19.0. The summed E-state index contributed by atoms with van der Waals surface area (Å²) in [5, 5.41) is 13.0. The molecule has 1 aromatic carbocycles. The number of amides is 1. The molecule has 0 atom stereocenters. The highest BCUT2D eigenvalue weighted by molar-refractivity contribution is 7.18. The van der Waals surface area contributed by atoms with E-state index in [9.17, 15) is 24.3 Å². The van der Waals surface area contributed by atoms with Gasteiger partial charge in [0, 0.05) is 13.1 Å². The monoisotopic (exact) mass is 472 g/mol. The number of hydrogen-bond acceptors (Lipinski definition) is 7. The molecule has 1 fully saturated rings. The summed E-state index contributed by atoms with van der Waals surface area (Å²) in [6, 6.07) is 9.18. The van der Waals surface area contributed by atoms with Crippen LogP contribution in [0.25, 0.3) is 0 Å². The number of benzene rings is 1. The van der Waals surface area contributed by atoms with Crippen LogP contribution in [-0.4, -0.2) is 59.9 Å². The van der Waals surface area contributed by atoms with E-state index >= 15 is 0 Å². The molecule has 0 aliphatic carbocycles. The van der Waals surface area contributed by atoms with Crippen molar-refractivity contribution in [2.75, 3.05) is 31.6 Å². The highest BCUT2D eigenvalue weighted by Gasteiger charge is 2.43. The first kappa shape index (κ1) is 24.6. The Morgan fingerprint density at radius 3 is 2.33 bits per heavy atom. The summed E-state index contributed by atoms with van der Waals surface area (Å²) in [4.78, 5) is 51.6. The number of thiophene rings is 1. The minimum absolute atomic E-state index is 0.0547. The predicted molar refractivity (Wildman–Crippen MR) is 125 cm³/mol. The summed E-state index contributed by atoms with van der Waals surface area (Å²) in [6.45, 7) is 5.88. The first-order chi connectivity index (χ1) is 15.7. The predicted octanol–water partition coefficient (Wildman–Crippen LogP) is 3.49. The number of carbonyl (C=O) groups excluding carboxylic acids is 3. The number of likely N-dealkylation sites (tertiary alicyclic amines) is 1. The molecule has 0 radical (unpaired) electrons. The number of hydrogen-bond donors (Lipinski definition) is 2. The van der Waals surface area contributed by atoms with Crippen LogP contribution in [0.5, 0.6) is 0 Å². The molecule has 1 aromatic heterocycles. The van der Waals surface area contributed by atoms with Gasteiger partial charge in [0.05, 0.1) is 29.0 Å². The van der Waals surface area contributed by atoms with Crippen molar-refractivity contribution in [1.82, 2.24) is 4.90 Å². The van der Waals surface area contributed by atoms with E-state index in [0.29, 0.717) is 41.4 Å². The minimum Gasteiger partial charge on any atom is -0.481 e. The molecule has 8 nitrogen and oxygen atoms in total. The van der Waals surface area contributed by atoms with Gasteiger partial charge < -0.3 is 15.2 Å². The second kappa shape index (κ2) is 10.3. The van der Waals surface area contributed by atoms with Crippen LogP contribution >= 0.6 is 11.3 Å². The number of Topliss-reactive ketones (excluding diaryl/α,β-unsaturated/α-hetero) is 1. The van der Waals surface area contributed by atoms with Crippen molar-refractivity contribution < 1.29 is 29.0 Å². The molecule has 0 spiro atoms. The van der Waals surface area contributed by atoms with Gasteiger partial charge in [0.1, 0.15) is 5.00 Å². The summed E-state index contributed by atoms with van der Waals surface area (Å²) in [5.41, 5.74) is 0.500. The minimum atomic E-state index is -0.966. The summed E-state index contributed by atoms with van der Waals surface area (Å²) >= 11 is 1.06. The quantitative estimate of drug-likeness (QED) is 0.447. The molecule has 9 heteroatoms. The molecule has 1 aliphatic heterocycles. The van der Waals surface area contributed by atoms with Gasteiger partial charge in [-0.15, -0.1) is 11.3 Å². The third kappa shape index (κ3) is 5.15. The van der Waals surface area contributed by atoms with Crippen molar-refractivity contribution in [2.45, 2.75) is 39.0 Å². The molecular weight excluding hydrogens is 444 g/mol. The highest BCUT2D eigenvalue weighted by Crippen LogP contribution is 2.36. The zero-order chi connectivity index (χ0) is 24.2. The van der Waals surface area contributed by atoms with Crippen LogP contribution in [0, 0.1) is 6.92 Å². The van der Waals surface area contributed by atoms with Crippen LogP contribution in [0.2, 0.25) is 0 Å². The fourth-order valence-corrected chi connectivity index (χ4v) is 5.34. The Hall–Kier alpha value is -3.04. The van der Waals surface area contributed by atoms with Crippen molar-refractivity contribution in [3.8, 4) is 0 Å². The summed E-state index contributed by atoms with van der Waals surface area (Å²) in [6.07, 6.45) is 0.778. The Morgan fingerprint density at radius 1 is 1.15 bits per heavy atom. The number of anilines is 1. The first-order valence-corrected chi connectivity index (χ1v) is 11.6. The Morgan fingerprint density at radius 2 is 1.79 bits per heavy atom. The summed E-state index contributed by atoms with van der Waals surface area (Å²) in [7, 11) is 0. The lowest BCUT2D eigenvalue weighted by Gasteiger charge is -2.38. The second-order valence-electron chi connectivity index (χ2n) is 8.11. The molecule has 1 saturated heterocycles. The van der Waals surface area contributed by atoms with E-state index in [1.165, 1.54) is 6.92 Å². The lowest BCUT2D eigenvalue weighted by atomic mass is 9.73. The molecule has 3 rings (SSSR count). The Balaban J connectivity index is 1.70. The van der Waals surface area contributed by atoms with Gasteiger partial charge in [0.25, 0.3) is 0 Å². The van der Waals surface area contributed by atoms with E-state index in [2.05, 4.69) is 5.32 Å². The maximum absolute atomic E-state index is 12.8. The Bertz CT molecular complexity index is 1050. The van der Waals surface area contributed by atoms with Crippen molar-refractivity contribution in [1.29, 1.82) is 0 Å². The smallest absolute Gasteiger partial charge is 0.341 e. The van der Waals surface area contributed by atoms with Gasteiger partial charge in [-0.3, -0.25) is 19.3 Å². The van der Waals surface area contributed by atoms with E-state index < -0.39 is 17.4 Å². The molecule has 0 saturated carbocycles. The molecule has 1 aliphatic rings. The number of aliphatic carboxylic acids is 1. The normalized spacial score (nSPS) is 15.6. The van der Waals surface area contributed by atoms with E-state index in [1.807, 2.05) is 35.2 Å². The number of nitrogens with one attached hydrogen (secondary N) is 1. The molecular formula is C24H28N2O6S. The summed E-state index contributed by atoms with van der Waals surface area (Å²) in [5.74, 6) is -1.96. The standard InChI is InChI=1S/C24H28N2O6S/c1-4-32-22(29)19-15(2)20(16(3)27)33-21(19)25-18(28)14-26-12-10-24(11-13-26,23(30)31)17-8-6-5-7-9-17/h5-9H,4,10-14H2,1-3H3,(H,25,28)(H,30,31). The van der Waals surface area contributed by atoms with Crippen molar-refractivity contribution >= 4 is 40.0 Å². The van der Waals surface area contributed by atoms with Gasteiger partial charge in [-0.2, -0.15) is 0 Å². The van der Waals surface area contributed by atoms with E-state index in [0.717, 1.165) is 16.9 Å². The number of piperidine rings is 1. The van der Waals surface area contributed by atoms with Gasteiger partial charge in [-0.05, 0) is 44.7 Å². The van der Waals surface area contributed by atoms with Gasteiger partial charge in [0.2, 0.25) is 5.91 Å². The summed E-state index contributed by atoms with van der Waals surface area (Å²) < 4.78 is 5.10. The van der Waals surface area contributed by atoms with E-state index in [4.69, 9.17) is 4.74 Å². The number of carboxylic acids is 1. The van der Waals surface area contributed by atoms with E-state index in [-0.39, 0.29) is 30.4 Å². The maximum atomic E-state index is 12.8. The van der Waals surface area contributed by atoms with Crippen LogP contribution in [-0.2, 0) is 19.7 Å². The number of nitrogens with zero attached hydrogens (tertiary/aromatic N) is 1. The number of carbonyl (C=O) groups is 4. The SMILES string of the molecule is CCOC(=O)c1c(NC(=O)CN2CCC(C(=O)O)(c3ccccc3)CC2)sc(C(C)=O)c1C. The van der Waals surface area contributed by atoms with E-state index in [1.54, 1.807) is 13.8 Å². The lowest BCUT2D eigenvalue weighted by molar-refractivity contribution is -0.146. The van der Waals surface area contributed by atoms with Crippen molar-refractivity contribution in [3.63, 3.8) is 0 Å². The second-order valence-corrected chi connectivity index (χ2v) is 9.14. The van der Waals surface area contributed by atoms with Crippen LogP contribution in [0.1, 0.15) is 57.8 Å². The van der Waals surface area contributed by atoms with Crippen molar-refractivity contribution in [2.24, 2.45) is 0 Å². The first-order valence-electron chi connectivity index (χ1n) is 10.8. The van der Waals surface area contributed by atoms with Gasteiger partial charge in [-0.1, -0.05) is 30.3 Å². The Labute approximate surface area is 196 Å². The fourth-order valence-electron chi connectivity index (χ4n) is 4.23. The van der Waals surface area contributed by atoms with Gasteiger partial charge in [-0.25, -0.2) is 4.79 Å². The molecule has 0 unspecified atom stereocenters. The fraction of sp³-hybridized carbons (Fsp3) is 0.417. The van der Waals surface area contributed by atoms with Crippen molar-refractivity contribution in [3.05, 3.63) is 51.9 Å². The number of rotatable bonds is 8. The van der Waals surface area contributed by atoms with Crippen LogP contribution in [0.3, 0.4) is 0 Å². The van der Waals surface area contributed by atoms with Crippen LogP contribution in [0.4, 0.5) is 5.00 Å². The molecule has 0 bridgehead atoms. The molecule has 2 heterocycles. The number of ketones is 1. The largest absolute Gasteiger partial charge is 0.481 e. The third-order valence-corrected chi connectivity index (χ3v) is 7.32. The molecule has 176 valence electrons. The average Bonchev–Trinajstić information content (AvgIpc) is 3.10. The maximum Gasteiger partial charge on any atom is 0.341 e. The third-order valence-electron chi connectivity index (χ3n) is 6.01. The number of ether oxygens (including phenoxy) is 1. The number of esters is 1. The lowest BCUT2D eigenvalue weighted by Crippen LogP contribution is -2.49. The van der Waals surface area contributed by atoms with Crippen LogP contribution < -0.4 is 5.32 Å². The van der Waals surface area contributed by atoms with Gasteiger partial charge in [0.15, 0.2) is 5.78 Å². The molecule has 1 amide bonds. The molecule has 2 aromatic rings. The van der Waals surface area contributed by atoms with Gasteiger partial charge >= 0.3 is 11.9 Å². The molecule has 33 heavy (non-hydrogen) atoms.